The van der Waals surface area contributed by atoms with Gasteiger partial charge in [-0.1, -0.05) is 35.9 Å². The lowest BCUT2D eigenvalue weighted by atomic mass is 9.79. The van der Waals surface area contributed by atoms with Gasteiger partial charge in [0.15, 0.2) is 0 Å². The van der Waals surface area contributed by atoms with E-state index in [1.807, 2.05) is 48.6 Å². The summed E-state index contributed by atoms with van der Waals surface area (Å²) in [6, 6.07) is 18.6. The molecule has 2 aliphatic rings. The highest BCUT2D eigenvalue weighted by Crippen LogP contribution is 2.50. The van der Waals surface area contributed by atoms with Gasteiger partial charge in [0.1, 0.15) is 0 Å². The van der Waals surface area contributed by atoms with Crippen LogP contribution in [0.25, 0.3) is 0 Å². The first-order valence-electron chi connectivity index (χ1n) is 9.67. The lowest BCUT2D eigenvalue weighted by Gasteiger charge is -2.37. The van der Waals surface area contributed by atoms with E-state index in [0.29, 0.717) is 23.4 Å². The summed E-state index contributed by atoms with van der Waals surface area (Å²) in [5, 5.41) is 8.96. The minimum absolute atomic E-state index is 0.0672. The van der Waals surface area contributed by atoms with E-state index < -0.39 is 0 Å². The van der Waals surface area contributed by atoms with Crippen molar-refractivity contribution in [3.63, 3.8) is 0 Å². The molecule has 1 aliphatic carbocycles. The molecule has 1 amide bonds. The summed E-state index contributed by atoms with van der Waals surface area (Å²) in [4.78, 5) is 14.0. The van der Waals surface area contributed by atoms with Gasteiger partial charge >= 0.3 is 0 Å². The summed E-state index contributed by atoms with van der Waals surface area (Å²) in [5.41, 5.74) is 5.06. The highest BCUT2D eigenvalue weighted by molar-refractivity contribution is 7.10. The number of benzene rings is 2. The van der Waals surface area contributed by atoms with Crippen LogP contribution in [0, 0.1) is 12.8 Å². The molecule has 2 heterocycles. The highest BCUT2D eigenvalue weighted by atomic mass is 32.1. The molecule has 140 valence electrons. The topological polar surface area (TPSA) is 41.1 Å². The van der Waals surface area contributed by atoms with Crippen molar-refractivity contribution in [3.8, 4) is 0 Å². The number of hydrogen-bond donors (Lipinski definition) is 2. The van der Waals surface area contributed by atoms with Gasteiger partial charge in [-0.2, -0.15) is 0 Å². The first kappa shape index (κ1) is 17.3. The summed E-state index contributed by atoms with van der Waals surface area (Å²) in [7, 11) is 0. The van der Waals surface area contributed by atoms with E-state index in [-0.39, 0.29) is 5.91 Å². The van der Waals surface area contributed by atoms with E-state index in [0.717, 1.165) is 17.7 Å². The van der Waals surface area contributed by atoms with Crippen LogP contribution in [0.5, 0.6) is 0 Å². The summed E-state index contributed by atoms with van der Waals surface area (Å²) >= 11 is 1.82. The van der Waals surface area contributed by atoms with Crippen LogP contribution in [0.1, 0.15) is 44.7 Å². The predicted octanol–water partition coefficient (Wildman–Crippen LogP) is 6.14. The van der Waals surface area contributed by atoms with Crippen LogP contribution >= 0.6 is 11.3 Å². The SMILES string of the molecule is Cc1cccc(C(=O)Nc2ccc3c(c2)C2C=CCC2C(c2cccs2)N3)c1. The van der Waals surface area contributed by atoms with E-state index in [1.165, 1.54) is 16.1 Å². The zero-order valence-corrected chi connectivity index (χ0v) is 16.5. The lowest BCUT2D eigenvalue weighted by molar-refractivity contribution is 0.102. The second-order valence-corrected chi connectivity index (χ2v) is 8.60. The molecule has 0 saturated heterocycles. The van der Waals surface area contributed by atoms with Gasteiger partial charge in [-0.25, -0.2) is 0 Å². The van der Waals surface area contributed by atoms with Crippen molar-refractivity contribution in [1.82, 2.24) is 0 Å². The quantitative estimate of drug-likeness (QED) is 0.531. The standard InChI is InChI=1S/C24H22N2OS/c1-15-5-2-6-16(13-15)24(27)25-17-10-11-21-20(14-17)18-7-3-8-19(18)23(26-21)22-9-4-12-28-22/h2-7,9-14,18-19,23,26H,8H2,1H3,(H,25,27). The van der Waals surface area contributed by atoms with Gasteiger partial charge < -0.3 is 10.6 Å². The fourth-order valence-corrected chi connectivity index (χ4v) is 5.26. The van der Waals surface area contributed by atoms with Crippen molar-refractivity contribution in [2.75, 3.05) is 10.6 Å². The van der Waals surface area contributed by atoms with Crippen LogP contribution < -0.4 is 10.6 Å². The van der Waals surface area contributed by atoms with Crippen molar-refractivity contribution in [3.05, 3.63) is 93.7 Å². The van der Waals surface area contributed by atoms with Gasteiger partial charge in [0.05, 0.1) is 6.04 Å². The van der Waals surface area contributed by atoms with E-state index in [4.69, 9.17) is 0 Å². The molecule has 3 aromatic rings. The van der Waals surface area contributed by atoms with Gasteiger partial charge in [-0.15, -0.1) is 11.3 Å². The molecule has 1 aliphatic heterocycles. The third kappa shape index (κ3) is 3.04. The number of hydrogen-bond acceptors (Lipinski definition) is 3. The maximum absolute atomic E-state index is 12.6. The predicted molar refractivity (Wildman–Crippen MR) is 116 cm³/mol. The fourth-order valence-electron chi connectivity index (χ4n) is 4.41. The first-order valence-corrected chi connectivity index (χ1v) is 10.6. The Kier molecular flexibility index (Phi) is 4.29. The minimum atomic E-state index is -0.0672. The molecule has 28 heavy (non-hydrogen) atoms. The Morgan fingerprint density at radius 1 is 1.14 bits per heavy atom. The van der Waals surface area contributed by atoms with E-state index >= 15 is 0 Å². The molecule has 0 fully saturated rings. The number of thiophene rings is 1. The van der Waals surface area contributed by atoms with Crippen LogP contribution in [-0.2, 0) is 0 Å². The Labute approximate surface area is 169 Å². The van der Waals surface area contributed by atoms with Crippen LogP contribution in [0.15, 0.2) is 72.1 Å². The second kappa shape index (κ2) is 6.95. The Hall–Kier alpha value is -2.85. The molecular formula is C24H22N2OS. The van der Waals surface area contributed by atoms with Crippen molar-refractivity contribution < 1.29 is 4.79 Å². The Morgan fingerprint density at radius 3 is 2.89 bits per heavy atom. The van der Waals surface area contributed by atoms with Crippen molar-refractivity contribution >= 4 is 28.6 Å². The summed E-state index contributed by atoms with van der Waals surface area (Å²) in [6.45, 7) is 2.00. The molecule has 3 unspecified atom stereocenters. The van der Waals surface area contributed by atoms with E-state index in [2.05, 4.69) is 52.4 Å². The van der Waals surface area contributed by atoms with Crippen LogP contribution in [-0.4, -0.2) is 5.91 Å². The van der Waals surface area contributed by atoms with Gasteiger partial charge in [-0.3, -0.25) is 4.79 Å². The number of fused-ring (bicyclic) bond motifs is 3. The number of rotatable bonds is 3. The minimum Gasteiger partial charge on any atom is -0.377 e. The molecule has 4 heteroatoms. The number of carbonyl (C=O) groups is 1. The number of allylic oxidation sites excluding steroid dienone is 2. The third-order valence-electron chi connectivity index (χ3n) is 5.75. The van der Waals surface area contributed by atoms with Gasteiger partial charge in [0, 0.05) is 27.7 Å². The number of carbonyl (C=O) groups excluding carboxylic acids is 1. The molecule has 1 aromatic heterocycles. The van der Waals surface area contributed by atoms with Gasteiger partial charge in [0.2, 0.25) is 0 Å². The molecule has 0 radical (unpaired) electrons. The van der Waals surface area contributed by atoms with Crippen molar-refractivity contribution in [1.29, 1.82) is 0 Å². The Balaban J connectivity index is 1.44. The number of amides is 1. The van der Waals surface area contributed by atoms with Gasteiger partial charge in [0.25, 0.3) is 5.91 Å². The lowest BCUT2D eigenvalue weighted by Crippen LogP contribution is -2.28. The molecule has 2 N–H and O–H groups in total. The summed E-state index contributed by atoms with van der Waals surface area (Å²) < 4.78 is 0. The third-order valence-corrected chi connectivity index (χ3v) is 6.71. The number of aryl methyl sites for hydroxylation is 1. The smallest absolute Gasteiger partial charge is 0.255 e. The molecule has 3 atom stereocenters. The van der Waals surface area contributed by atoms with E-state index in [9.17, 15) is 4.79 Å². The van der Waals surface area contributed by atoms with Crippen molar-refractivity contribution in [2.45, 2.75) is 25.3 Å². The summed E-state index contributed by atoms with van der Waals surface area (Å²) in [6.07, 6.45) is 5.71. The number of nitrogens with one attached hydrogen (secondary N) is 2. The number of anilines is 2. The van der Waals surface area contributed by atoms with Crippen LogP contribution in [0.4, 0.5) is 11.4 Å². The zero-order valence-electron chi connectivity index (χ0n) is 15.7. The Bertz CT molecular complexity index is 1050. The maximum Gasteiger partial charge on any atom is 0.255 e. The molecule has 0 bridgehead atoms. The summed E-state index contributed by atoms with van der Waals surface area (Å²) in [5.74, 6) is 0.843. The molecule has 0 saturated carbocycles. The van der Waals surface area contributed by atoms with Crippen molar-refractivity contribution in [2.24, 2.45) is 5.92 Å². The fraction of sp³-hybridized carbons (Fsp3) is 0.208. The average Bonchev–Trinajstić information content (AvgIpc) is 3.40. The molecule has 2 aromatic carbocycles. The average molecular weight is 387 g/mol. The molecular weight excluding hydrogens is 364 g/mol. The second-order valence-electron chi connectivity index (χ2n) is 7.62. The molecule has 0 spiro atoms. The largest absolute Gasteiger partial charge is 0.377 e. The zero-order chi connectivity index (χ0) is 19.1. The Morgan fingerprint density at radius 2 is 2.07 bits per heavy atom. The highest BCUT2D eigenvalue weighted by Gasteiger charge is 2.38. The van der Waals surface area contributed by atoms with Crippen LogP contribution in [0.2, 0.25) is 0 Å². The first-order chi connectivity index (χ1) is 13.7. The van der Waals surface area contributed by atoms with Gasteiger partial charge in [-0.05, 0) is 66.6 Å². The van der Waals surface area contributed by atoms with Crippen LogP contribution in [0.3, 0.4) is 0 Å². The van der Waals surface area contributed by atoms with E-state index in [1.54, 1.807) is 0 Å². The monoisotopic (exact) mass is 386 g/mol. The molecule has 3 nitrogen and oxygen atoms in total. The molecule has 5 rings (SSSR count). The normalized spacial score (nSPS) is 22.2. The maximum atomic E-state index is 12.6.